The largest absolute Gasteiger partial charge is 0.347 e. The molecular formula is C15H22N2S. The lowest BCUT2D eigenvalue weighted by Crippen LogP contribution is -2.11. The van der Waals surface area contributed by atoms with Gasteiger partial charge in [-0.25, -0.2) is 0 Å². The second kappa shape index (κ2) is 6.86. The number of hydrogen-bond donors (Lipinski definition) is 1. The van der Waals surface area contributed by atoms with Gasteiger partial charge in [0.2, 0.25) is 0 Å². The zero-order valence-corrected chi connectivity index (χ0v) is 12.1. The Kier molecular flexibility index (Phi) is 5.14. The van der Waals surface area contributed by atoms with E-state index in [1.54, 1.807) is 0 Å². The minimum absolute atomic E-state index is 0.961. The van der Waals surface area contributed by atoms with Gasteiger partial charge in [0.15, 0.2) is 0 Å². The lowest BCUT2D eigenvalue weighted by atomic mass is 10.1. The number of nitrogens with zero attached hydrogens (tertiary/aromatic N) is 1. The third-order valence-corrected chi connectivity index (χ3v) is 3.91. The van der Waals surface area contributed by atoms with E-state index in [0.717, 1.165) is 19.6 Å². The van der Waals surface area contributed by atoms with E-state index < -0.39 is 0 Å². The summed E-state index contributed by atoms with van der Waals surface area (Å²) in [4.78, 5) is 0. The first kappa shape index (κ1) is 13.5. The van der Waals surface area contributed by atoms with E-state index in [1.807, 2.05) is 11.8 Å². The average Bonchev–Trinajstić information content (AvgIpc) is 2.81. The van der Waals surface area contributed by atoms with E-state index in [-0.39, 0.29) is 0 Å². The van der Waals surface area contributed by atoms with Crippen LogP contribution in [-0.4, -0.2) is 23.1 Å². The first-order valence-electron chi connectivity index (χ1n) is 6.63. The summed E-state index contributed by atoms with van der Waals surface area (Å²) < 4.78 is 2.38. The summed E-state index contributed by atoms with van der Waals surface area (Å²) >= 11 is 1.92. The van der Waals surface area contributed by atoms with Crippen LogP contribution in [0.3, 0.4) is 0 Å². The van der Waals surface area contributed by atoms with Gasteiger partial charge in [-0.1, -0.05) is 19.1 Å². The number of fused-ring (bicyclic) bond motifs is 1. The van der Waals surface area contributed by atoms with Crippen LogP contribution in [0.2, 0.25) is 0 Å². The molecule has 18 heavy (non-hydrogen) atoms. The van der Waals surface area contributed by atoms with Crippen molar-refractivity contribution in [3.8, 4) is 0 Å². The van der Waals surface area contributed by atoms with Gasteiger partial charge in [-0.15, -0.1) is 0 Å². The Morgan fingerprint density at radius 1 is 1.28 bits per heavy atom. The summed E-state index contributed by atoms with van der Waals surface area (Å²) in [7, 11) is 0. The molecule has 2 aromatic rings. The topological polar surface area (TPSA) is 17.0 Å². The molecule has 1 aromatic carbocycles. The minimum Gasteiger partial charge on any atom is -0.347 e. The fraction of sp³-hybridized carbons (Fsp3) is 0.467. The molecule has 98 valence electrons. The van der Waals surface area contributed by atoms with Gasteiger partial charge in [0.1, 0.15) is 0 Å². The summed E-state index contributed by atoms with van der Waals surface area (Å²) in [6.07, 6.45) is 5.63. The lowest BCUT2D eigenvalue weighted by Gasteiger charge is -2.07. The van der Waals surface area contributed by atoms with Crippen molar-refractivity contribution in [3.05, 3.63) is 36.0 Å². The van der Waals surface area contributed by atoms with E-state index in [2.05, 4.69) is 53.5 Å². The summed E-state index contributed by atoms with van der Waals surface area (Å²) in [6, 6.07) is 8.86. The van der Waals surface area contributed by atoms with E-state index in [9.17, 15) is 0 Å². The number of nitrogens with one attached hydrogen (secondary N) is 1. The number of rotatable bonds is 7. The Labute approximate surface area is 114 Å². The molecule has 0 atom stereocenters. The summed E-state index contributed by atoms with van der Waals surface area (Å²) in [5.41, 5.74) is 2.77. The highest BCUT2D eigenvalue weighted by Gasteiger charge is 2.04. The molecule has 0 saturated heterocycles. The molecule has 2 nitrogen and oxygen atoms in total. The average molecular weight is 262 g/mol. The van der Waals surface area contributed by atoms with Crippen molar-refractivity contribution < 1.29 is 0 Å². The van der Waals surface area contributed by atoms with Gasteiger partial charge >= 0.3 is 0 Å². The van der Waals surface area contributed by atoms with E-state index in [4.69, 9.17) is 0 Å². The number of aryl methyl sites for hydroxylation is 1. The summed E-state index contributed by atoms with van der Waals surface area (Å²) in [5.74, 6) is 1.23. The molecule has 3 heteroatoms. The van der Waals surface area contributed by atoms with Crippen molar-refractivity contribution in [2.24, 2.45) is 0 Å². The van der Waals surface area contributed by atoms with Crippen LogP contribution in [0.25, 0.3) is 10.9 Å². The highest BCUT2D eigenvalue weighted by molar-refractivity contribution is 7.98. The summed E-state index contributed by atoms with van der Waals surface area (Å²) in [5, 5.41) is 4.80. The van der Waals surface area contributed by atoms with Crippen LogP contribution >= 0.6 is 11.8 Å². The monoisotopic (exact) mass is 262 g/mol. The third kappa shape index (κ3) is 3.09. The van der Waals surface area contributed by atoms with Gasteiger partial charge in [-0.05, 0) is 42.7 Å². The molecule has 1 aromatic heterocycles. The standard InChI is InChI=1S/C15H22N2S/c1-3-16-12-13-6-4-7-15-14(13)8-10-17(15)9-5-11-18-2/h4,6-8,10,16H,3,5,9,11-12H2,1-2H3. The van der Waals surface area contributed by atoms with Gasteiger partial charge in [-0.2, -0.15) is 11.8 Å². The zero-order valence-electron chi connectivity index (χ0n) is 11.3. The quantitative estimate of drug-likeness (QED) is 0.769. The normalized spacial score (nSPS) is 11.2. The molecule has 0 bridgehead atoms. The number of thioether (sulfide) groups is 1. The smallest absolute Gasteiger partial charge is 0.0483 e. The lowest BCUT2D eigenvalue weighted by molar-refractivity contribution is 0.708. The Balaban J connectivity index is 2.19. The molecule has 0 fully saturated rings. The van der Waals surface area contributed by atoms with Crippen molar-refractivity contribution in [1.29, 1.82) is 0 Å². The number of aromatic nitrogens is 1. The van der Waals surface area contributed by atoms with Crippen molar-refractivity contribution in [2.75, 3.05) is 18.6 Å². The Hall–Kier alpha value is -0.930. The molecule has 0 unspecified atom stereocenters. The predicted molar refractivity (Wildman–Crippen MR) is 82.3 cm³/mol. The maximum Gasteiger partial charge on any atom is 0.0483 e. The van der Waals surface area contributed by atoms with Crippen molar-refractivity contribution >= 4 is 22.7 Å². The molecule has 0 amide bonds. The van der Waals surface area contributed by atoms with Crippen molar-refractivity contribution in [1.82, 2.24) is 9.88 Å². The van der Waals surface area contributed by atoms with E-state index in [1.165, 1.54) is 28.6 Å². The van der Waals surface area contributed by atoms with Gasteiger partial charge in [-0.3, -0.25) is 0 Å². The molecule has 0 spiro atoms. The van der Waals surface area contributed by atoms with Gasteiger partial charge in [0, 0.05) is 30.2 Å². The molecule has 0 radical (unpaired) electrons. The van der Waals surface area contributed by atoms with Crippen LogP contribution in [0.5, 0.6) is 0 Å². The maximum absolute atomic E-state index is 3.41. The predicted octanol–water partition coefficient (Wildman–Crippen LogP) is 3.50. The van der Waals surface area contributed by atoms with Crippen LogP contribution in [0.1, 0.15) is 18.9 Å². The van der Waals surface area contributed by atoms with Crippen molar-refractivity contribution in [3.63, 3.8) is 0 Å². The molecule has 0 aliphatic rings. The van der Waals surface area contributed by atoms with Gasteiger partial charge < -0.3 is 9.88 Å². The van der Waals surface area contributed by atoms with Crippen LogP contribution in [0, 0.1) is 0 Å². The second-order valence-corrected chi connectivity index (χ2v) is 5.47. The Morgan fingerprint density at radius 3 is 2.94 bits per heavy atom. The van der Waals surface area contributed by atoms with E-state index >= 15 is 0 Å². The minimum atomic E-state index is 0.961. The highest BCUT2D eigenvalue weighted by Crippen LogP contribution is 2.20. The Morgan fingerprint density at radius 2 is 2.17 bits per heavy atom. The molecule has 2 rings (SSSR count). The summed E-state index contributed by atoms with van der Waals surface area (Å²) in [6.45, 7) is 5.25. The van der Waals surface area contributed by atoms with Gasteiger partial charge in [0.05, 0.1) is 0 Å². The molecule has 0 saturated carbocycles. The van der Waals surface area contributed by atoms with Crippen LogP contribution < -0.4 is 5.32 Å². The molecule has 0 aliphatic heterocycles. The highest BCUT2D eigenvalue weighted by atomic mass is 32.2. The molecule has 0 aliphatic carbocycles. The first-order valence-corrected chi connectivity index (χ1v) is 8.02. The van der Waals surface area contributed by atoms with Crippen LogP contribution in [-0.2, 0) is 13.1 Å². The first-order chi connectivity index (χ1) is 8.86. The fourth-order valence-electron chi connectivity index (χ4n) is 2.28. The van der Waals surface area contributed by atoms with E-state index in [0.29, 0.717) is 0 Å². The molecule has 1 heterocycles. The van der Waals surface area contributed by atoms with Crippen LogP contribution in [0.4, 0.5) is 0 Å². The number of hydrogen-bond acceptors (Lipinski definition) is 2. The van der Waals surface area contributed by atoms with Gasteiger partial charge in [0.25, 0.3) is 0 Å². The van der Waals surface area contributed by atoms with Crippen LogP contribution in [0.15, 0.2) is 30.5 Å². The SMILES string of the molecule is CCNCc1cccc2c1ccn2CCCSC. The third-order valence-electron chi connectivity index (χ3n) is 3.22. The second-order valence-electron chi connectivity index (χ2n) is 4.49. The van der Waals surface area contributed by atoms with Crippen molar-refractivity contribution in [2.45, 2.75) is 26.4 Å². The Bertz CT molecular complexity index is 490. The zero-order chi connectivity index (χ0) is 12.8. The number of benzene rings is 1. The molecular weight excluding hydrogens is 240 g/mol. The molecule has 1 N–H and O–H groups in total. The fourth-order valence-corrected chi connectivity index (χ4v) is 2.69. The maximum atomic E-state index is 3.41.